The van der Waals surface area contributed by atoms with Gasteiger partial charge in [0, 0.05) is 0 Å². The van der Waals surface area contributed by atoms with E-state index < -0.39 is 5.92 Å². The topological polar surface area (TPSA) is 58.9 Å². The number of hydrogen-bond acceptors (Lipinski definition) is 4. The van der Waals surface area contributed by atoms with Crippen molar-refractivity contribution in [2.24, 2.45) is 11.1 Å². The molecule has 0 fully saturated rings. The van der Waals surface area contributed by atoms with Gasteiger partial charge in [0.25, 0.3) is 0 Å². The molecule has 0 radical (unpaired) electrons. The highest BCUT2D eigenvalue weighted by Gasteiger charge is 2.18. The first kappa shape index (κ1) is 18.2. The molecule has 1 atom stereocenters. The van der Waals surface area contributed by atoms with Crippen LogP contribution < -0.4 is 0 Å². The molecule has 4 heteroatoms. The Bertz CT molecular complexity index is 443. The number of carbonyl (C=O) groups is 1. The van der Waals surface area contributed by atoms with E-state index in [0.29, 0.717) is 6.42 Å². The first-order chi connectivity index (χ1) is 10.6. The van der Waals surface area contributed by atoms with Gasteiger partial charge in [-0.3, -0.25) is 4.79 Å². The van der Waals surface area contributed by atoms with Gasteiger partial charge in [0.1, 0.15) is 0 Å². The van der Waals surface area contributed by atoms with Crippen molar-refractivity contribution in [2.45, 2.75) is 58.5 Å². The molecule has 1 rings (SSSR count). The van der Waals surface area contributed by atoms with E-state index >= 15 is 0 Å². The number of unbranched alkanes of at least 4 members (excludes halogenated alkanes) is 3. The molecule has 122 valence electrons. The molecule has 4 nitrogen and oxygen atoms in total. The zero-order valence-electron chi connectivity index (χ0n) is 13.6. The van der Waals surface area contributed by atoms with Gasteiger partial charge in [0.2, 0.25) is 0 Å². The largest absolute Gasteiger partial charge is 0.462 e. The zero-order valence-corrected chi connectivity index (χ0v) is 13.6. The molecular formula is C18H27NO3. The molecule has 1 N–H and O–H groups in total. The van der Waals surface area contributed by atoms with Crippen LogP contribution in [0.3, 0.4) is 0 Å². The van der Waals surface area contributed by atoms with Gasteiger partial charge in [-0.15, -0.1) is 5.16 Å². The number of rotatable bonds is 10. The summed E-state index contributed by atoms with van der Waals surface area (Å²) in [6.45, 7) is 3.63. The monoisotopic (exact) mass is 305 g/mol. The minimum absolute atomic E-state index is 0.145. The van der Waals surface area contributed by atoms with Crippen LogP contribution in [0.5, 0.6) is 0 Å². The third kappa shape index (κ3) is 7.81. The third-order valence-electron chi connectivity index (χ3n) is 3.47. The number of hydrogen-bond donors (Lipinski definition) is 1. The molecule has 0 spiro atoms. The quantitative estimate of drug-likeness (QED) is 0.232. The minimum Gasteiger partial charge on any atom is -0.462 e. The molecule has 1 unspecified atom stereocenters. The molecule has 0 aliphatic rings. The van der Waals surface area contributed by atoms with Crippen LogP contribution in [0.25, 0.3) is 0 Å². The van der Waals surface area contributed by atoms with Crippen molar-refractivity contribution in [3.8, 4) is 0 Å². The Morgan fingerprint density at radius 1 is 1.18 bits per heavy atom. The number of carbonyl (C=O) groups excluding carboxylic acids is 1. The second-order valence-electron chi connectivity index (χ2n) is 5.80. The van der Waals surface area contributed by atoms with Crippen LogP contribution in [0.2, 0.25) is 0 Å². The summed E-state index contributed by atoms with van der Waals surface area (Å²) in [5, 5.41) is 11.6. The molecule has 0 saturated heterocycles. The molecule has 0 amide bonds. The number of nitrogens with zero attached hydrogens (tertiary/aromatic N) is 1. The Balaban J connectivity index is 2.19. The van der Waals surface area contributed by atoms with Crippen LogP contribution in [-0.2, 0) is 16.0 Å². The normalized spacial score (nSPS) is 12.7. The van der Waals surface area contributed by atoms with Crippen molar-refractivity contribution in [1.29, 1.82) is 0 Å². The zero-order chi connectivity index (χ0) is 16.2. The second kappa shape index (κ2) is 10.8. The number of aryl methyl sites for hydroxylation is 1. The molecule has 0 bridgehead atoms. The first-order valence-electron chi connectivity index (χ1n) is 8.05. The molecule has 0 aliphatic heterocycles. The maximum Gasteiger partial charge on any atom is 0.314 e. The fourth-order valence-electron chi connectivity index (χ4n) is 2.35. The Morgan fingerprint density at radius 3 is 2.50 bits per heavy atom. The van der Waals surface area contributed by atoms with Crippen molar-refractivity contribution in [1.82, 2.24) is 0 Å². The highest BCUT2D eigenvalue weighted by Crippen LogP contribution is 2.14. The first-order valence-corrected chi connectivity index (χ1v) is 8.05. The number of oxime groups is 1. The van der Waals surface area contributed by atoms with Gasteiger partial charge in [-0.2, -0.15) is 0 Å². The van der Waals surface area contributed by atoms with E-state index in [1.165, 1.54) is 11.8 Å². The van der Waals surface area contributed by atoms with Gasteiger partial charge in [0.15, 0.2) is 0 Å². The lowest BCUT2D eigenvalue weighted by molar-refractivity contribution is -0.150. The van der Waals surface area contributed by atoms with Crippen LogP contribution >= 0.6 is 0 Å². The maximum atomic E-state index is 11.8. The van der Waals surface area contributed by atoms with Crippen molar-refractivity contribution < 1.29 is 14.7 Å². The number of benzene rings is 1. The number of esters is 1. The summed E-state index contributed by atoms with van der Waals surface area (Å²) in [6, 6.07) is 10.5. The molecule has 0 saturated carbocycles. The molecule has 22 heavy (non-hydrogen) atoms. The average molecular weight is 305 g/mol. The van der Waals surface area contributed by atoms with Crippen LogP contribution in [0.15, 0.2) is 35.5 Å². The summed E-state index contributed by atoms with van der Waals surface area (Å²) in [5.74, 6) is -0.751. The van der Waals surface area contributed by atoms with Crippen molar-refractivity contribution in [3.05, 3.63) is 35.9 Å². The van der Waals surface area contributed by atoms with Gasteiger partial charge >= 0.3 is 5.97 Å². The van der Waals surface area contributed by atoms with Crippen molar-refractivity contribution >= 4 is 12.2 Å². The Hall–Kier alpha value is -1.84. The van der Waals surface area contributed by atoms with E-state index in [-0.39, 0.29) is 12.1 Å². The van der Waals surface area contributed by atoms with Crippen molar-refractivity contribution in [3.63, 3.8) is 0 Å². The molecular weight excluding hydrogens is 278 g/mol. The van der Waals surface area contributed by atoms with Gasteiger partial charge in [-0.25, -0.2) is 0 Å². The van der Waals surface area contributed by atoms with E-state index in [1.54, 1.807) is 0 Å². The summed E-state index contributed by atoms with van der Waals surface area (Å²) in [4.78, 5) is 11.8. The van der Waals surface area contributed by atoms with Gasteiger partial charge in [-0.05, 0) is 38.7 Å². The maximum absolute atomic E-state index is 11.8. The lowest BCUT2D eigenvalue weighted by Crippen LogP contribution is -2.22. The van der Waals surface area contributed by atoms with E-state index in [9.17, 15) is 4.79 Å². The fraction of sp³-hybridized carbons (Fsp3) is 0.556. The molecule has 1 aromatic rings. The van der Waals surface area contributed by atoms with E-state index in [0.717, 1.165) is 32.1 Å². The summed E-state index contributed by atoms with van der Waals surface area (Å²) < 4.78 is 5.16. The predicted octanol–water partition coefficient (Wildman–Crippen LogP) is 4.21. The van der Waals surface area contributed by atoms with Crippen LogP contribution in [0.4, 0.5) is 0 Å². The van der Waals surface area contributed by atoms with Crippen LogP contribution in [0, 0.1) is 5.92 Å². The molecule has 0 aliphatic carbocycles. The van der Waals surface area contributed by atoms with Crippen LogP contribution in [0.1, 0.15) is 51.5 Å². The highest BCUT2D eigenvalue weighted by atomic mass is 16.5. The van der Waals surface area contributed by atoms with E-state index in [2.05, 4.69) is 29.4 Å². The van der Waals surface area contributed by atoms with E-state index in [1.807, 2.05) is 19.9 Å². The lowest BCUT2D eigenvalue weighted by Gasteiger charge is -2.13. The minimum atomic E-state index is -0.443. The summed E-state index contributed by atoms with van der Waals surface area (Å²) in [5.41, 5.74) is 1.37. The third-order valence-corrected chi connectivity index (χ3v) is 3.47. The van der Waals surface area contributed by atoms with Crippen molar-refractivity contribution in [2.75, 3.05) is 0 Å². The molecule has 1 aromatic carbocycles. The SMILES string of the molecule is CC(C)OC(=O)C(/C=N\O)CCCCCCc1ccccc1. The fourth-order valence-corrected chi connectivity index (χ4v) is 2.35. The standard InChI is InChI=1S/C18H27NO3/c1-15(2)22-18(20)17(14-19-21)13-9-4-3-6-10-16-11-7-5-8-12-16/h5,7-8,11-12,14-15,17,21H,3-4,6,9-10,13H2,1-2H3/b19-14-. The van der Waals surface area contributed by atoms with Gasteiger partial charge in [-0.1, -0.05) is 49.6 Å². The Labute approximate surface area is 133 Å². The lowest BCUT2D eigenvalue weighted by atomic mass is 10.0. The smallest absolute Gasteiger partial charge is 0.314 e. The molecule has 0 heterocycles. The van der Waals surface area contributed by atoms with Gasteiger partial charge in [0.05, 0.1) is 18.2 Å². The average Bonchev–Trinajstić information content (AvgIpc) is 2.50. The van der Waals surface area contributed by atoms with E-state index in [4.69, 9.17) is 9.94 Å². The Morgan fingerprint density at radius 2 is 1.86 bits per heavy atom. The van der Waals surface area contributed by atoms with Gasteiger partial charge < -0.3 is 9.94 Å². The second-order valence-corrected chi connectivity index (χ2v) is 5.80. The summed E-state index contributed by atoms with van der Waals surface area (Å²) in [6.07, 6.45) is 7.17. The Kier molecular flexibility index (Phi) is 8.96. The highest BCUT2D eigenvalue weighted by molar-refractivity contribution is 5.89. The number of ether oxygens (including phenoxy) is 1. The molecule has 0 aromatic heterocycles. The summed E-state index contributed by atoms with van der Waals surface area (Å²) in [7, 11) is 0. The predicted molar refractivity (Wildman–Crippen MR) is 88.2 cm³/mol. The van der Waals surface area contributed by atoms with Crippen LogP contribution in [-0.4, -0.2) is 23.5 Å². The summed E-state index contributed by atoms with van der Waals surface area (Å²) >= 11 is 0.